The highest BCUT2D eigenvalue weighted by Gasteiger charge is 2.12. The van der Waals surface area contributed by atoms with Crippen LogP contribution in [0.5, 0.6) is 23.0 Å². The second-order valence-electron chi connectivity index (χ2n) is 6.46. The van der Waals surface area contributed by atoms with Gasteiger partial charge in [0.15, 0.2) is 11.5 Å². The zero-order chi connectivity index (χ0) is 22.1. The maximum absolute atomic E-state index is 12.3. The Labute approximate surface area is 181 Å². The first-order valence-corrected chi connectivity index (χ1v) is 9.54. The second kappa shape index (κ2) is 10.7. The number of amides is 1. The van der Waals surface area contributed by atoms with Crippen LogP contribution in [-0.4, -0.2) is 33.5 Å². The summed E-state index contributed by atoms with van der Waals surface area (Å²) in [5.41, 5.74) is 4.65. The van der Waals surface area contributed by atoms with Gasteiger partial charge in [-0.3, -0.25) is 4.79 Å². The normalized spacial score (nSPS) is 10.5. The lowest BCUT2D eigenvalue weighted by Gasteiger charge is -2.12. The first-order chi connectivity index (χ1) is 15.1. The van der Waals surface area contributed by atoms with Gasteiger partial charge >= 0.3 is 0 Å². The Balaban J connectivity index is 1.59. The van der Waals surface area contributed by atoms with E-state index in [1.54, 1.807) is 24.3 Å². The van der Waals surface area contributed by atoms with E-state index in [0.717, 1.165) is 11.3 Å². The molecule has 0 heterocycles. The molecule has 3 aromatic rings. The van der Waals surface area contributed by atoms with Crippen molar-refractivity contribution < 1.29 is 23.7 Å². The molecule has 0 spiro atoms. The molecule has 3 rings (SSSR count). The third-order valence-corrected chi connectivity index (χ3v) is 4.43. The average Bonchev–Trinajstić information content (AvgIpc) is 2.82. The van der Waals surface area contributed by atoms with E-state index in [4.69, 9.17) is 18.9 Å². The standard InChI is InChI=1S/C24H24N2O5/c1-28-21-13-18(14-22(29-2)23(21)30-3)15-25-26-24(27)19-11-9-17(10-12-19)16-31-20-7-5-4-6-8-20/h4-15H,16H2,1-3H3,(H,26,27)/b25-15-. The van der Waals surface area contributed by atoms with Crippen LogP contribution in [0.2, 0.25) is 0 Å². The summed E-state index contributed by atoms with van der Waals surface area (Å²) in [6.07, 6.45) is 1.50. The summed E-state index contributed by atoms with van der Waals surface area (Å²) < 4.78 is 21.6. The molecule has 0 aliphatic carbocycles. The number of hydrogen-bond acceptors (Lipinski definition) is 6. The molecule has 7 heteroatoms. The van der Waals surface area contributed by atoms with Gasteiger partial charge in [0.1, 0.15) is 12.4 Å². The number of para-hydroxylation sites is 1. The Morgan fingerprint density at radius 2 is 1.55 bits per heavy atom. The van der Waals surface area contributed by atoms with Crippen molar-refractivity contribution in [3.05, 3.63) is 83.4 Å². The highest BCUT2D eigenvalue weighted by molar-refractivity contribution is 5.95. The number of methoxy groups -OCH3 is 3. The van der Waals surface area contributed by atoms with Crippen LogP contribution < -0.4 is 24.4 Å². The zero-order valence-corrected chi connectivity index (χ0v) is 17.6. The summed E-state index contributed by atoms with van der Waals surface area (Å²) in [5, 5.41) is 4.02. The van der Waals surface area contributed by atoms with Crippen LogP contribution in [-0.2, 0) is 6.61 Å². The fourth-order valence-corrected chi connectivity index (χ4v) is 2.84. The van der Waals surface area contributed by atoms with Gasteiger partial charge in [0.05, 0.1) is 27.5 Å². The molecule has 0 saturated heterocycles. The molecule has 0 radical (unpaired) electrons. The van der Waals surface area contributed by atoms with Gasteiger partial charge in [0.25, 0.3) is 5.91 Å². The Hall–Kier alpha value is -4.00. The molecule has 31 heavy (non-hydrogen) atoms. The second-order valence-corrected chi connectivity index (χ2v) is 6.46. The number of ether oxygens (including phenoxy) is 4. The summed E-state index contributed by atoms with van der Waals surface area (Å²) in [7, 11) is 4.61. The number of hydrogen-bond donors (Lipinski definition) is 1. The molecule has 0 atom stereocenters. The first kappa shape index (κ1) is 21.7. The van der Waals surface area contributed by atoms with E-state index in [1.807, 2.05) is 42.5 Å². The van der Waals surface area contributed by atoms with E-state index >= 15 is 0 Å². The molecule has 0 aromatic heterocycles. The molecule has 0 saturated carbocycles. The van der Waals surface area contributed by atoms with Crippen LogP contribution in [0.4, 0.5) is 0 Å². The van der Waals surface area contributed by atoms with Gasteiger partial charge < -0.3 is 18.9 Å². The molecule has 0 fully saturated rings. The van der Waals surface area contributed by atoms with Crippen LogP contribution in [0.15, 0.2) is 71.8 Å². The van der Waals surface area contributed by atoms with Gasteiger partial charge in [-0.15, -0.1) is 0 Å². The lowest BCUT2D eigenvalue weighted by Crippen LogP contribution is -2.17. The van der Waals surface area contributed by atoms with Gasteiger partial charge in [-0.05, 0) is 42.0 Å². The maximum atomic E-state index is 12.3. The van der Waals surface area contributed by atoms with Crippen molar-refractivity contribution in [3.63, 3.8) is 0 Å². The molecule has 1 amide bonds. The summed E-state index contributed by atoms with van der Waals surface area (Å²) in [5.74, 6) is 1.97. The van der Waals surface area contributed by atoms with E-state index < -0.39 is 0 Å². The van der Waals surface area contributed by atoms with Gasteiger partial charge in [-0.25, -0.2) is 5.43 Å². The molecule has 1 N–H and O–H groups in total. The minimum atomic E-state index is -0.320. The van der Waals surface area contributed by atoms with Crippen LogP contribution in [0.25, 0.3) is 0 Å². The number of hydrazone groups is 1. The van der Waals surface area contributed by atoms with Crippen LogP contribution in [0.3, 0.4) is 0 Å². The lowest BCUT2D eigenvalue weighted by molar-refractivity contribution is 0.0955. The summed E-state index contributed by atoms with van der Waals surface area (Å²) in [4.78, 5) is 12.3. The van der Waals surface area contributed by atoms with Gasteiger partial charge in [-0.1, -0.05) is 30.3 Å². The molecule has 0 aliphatic rings. The largest absolute Gasteiger partial charge is 0.493 e. The van der Waals surface area contributed by atoms with E-state index in [9.17, 15) is 4.79 Å². The number of benzene rings is 3. The predicted molar refractivity (Wildman–Crippen MR) is 118 cm³/mol. The molecule has 0 aliphatic heterocycles. The third-order valence-electron chi connectivity index (χ3n) is 4.43. The summed E-state index contributed by atoms with van der Waals surface area (Å²) >= 11 is 0. The van der Waals surface area contributed by atoms with Crippen molar-refractivity contribution in [3.8, 4) is 23.0 Å². The summed E-state index contributed by atoms with van der Waals surface area (Å²) in [6.45, 7) is 0.422. The van der Waals surface area contributed by atoms with Crippen molar-refractivity contribution in [1.82, 2.24) is 5.43 Å². The smallest absolute Gasteiger partial charge is 0.271 e. The zero-order valence-electron chi connectivity index (χ0n) is 17.6. The Kier molecular flexibility index (Phi) is 7.48. The van der Waals surface area contributed by atoms with Crippen molar-refractivity contribution in [2.75, 3.05) is 21.3 Å². The molecular formula is C24H24N2O5. The van der Waals surface area contributed by atoms with Crippen molar-refractivity contribution in [2.24, 2.45) is 5.10 Å². The highest BCUT2D eigenvalue weighted by Crippen LogP contribution is 2.37. The van der Waals surface area contributed by atoms with Crippen LogP contribution >= 0.6 is 0 Å². The van der Waals surface area contributed by atoms with E-state index in [2.05, 4.69) is 10.5 Å². The number of rotatable bonds is 9. The quantitative estimate of drug-likeness (QED) is 0.417. The fourth-order valence-electron chi connectivity index (χ4n) is 2.84. The monoisotopic (exact) mass is 420 g/mol. The number of carbonyl (C=O) groups is 1. The molecular weight excluding hydrogens is 396 g/mol. The van der Waals surface area contributed by atoms with Gasteiger partial charge in [-0.2, -0.15) is 5.10 Å². The van der Waals surface area contributed by atoms with Crippen LogP contribution in [0, 0.1) is 0 Å². The number of nitrogens with one attached hydrogen (secondary N) is 1. The Morgan fingerprint density at radius 1 is 0.903 bits per heavy atom. The molecule has 160 valence electrons. The van der Waals surface area contributed by atoms with Crippen LogP contribution in [0.1, 0.15) is 21.5 Å². The molecule has 0 unspecified atom stereocenters. The molecule has 3 aromatic carbocycles. The van der Waals surface area contributed by atoms with Crippen molar-refractivity contribution in [2.45, 2.75) is 6.61 Å². The van der Waals surface area contributed by atoms with Gasteiger partial charge in [0, 0.05) is 11.1 Å². The van der Waals surface area contributed by atoms with Crippen molar-refractivity contribution in [1.29, 1.82) is 0 Å². The minimum absolute atomic E-state index is 0.320. The highest BCUT2D eigenvalue weighted by atomic mass is 16.5. The fraction of sp³-hybridized carbons (Fsp3) is 0.167. The Morgan fingerprint density at radius 3 is 2.13 bits per heavy atom. The Bertz CT molecular complexity index is 1010. The van der Waals surface area contributed by atoms with Gasteiger partial charge in [0.2, 0.25) is 5.75 Å². The van der Waals surface area contributed by atoms with E-state index in [1.165, 1.54) is 27.5 Å². The predicted octanol–water partition coefficient (Wildman–Crippen LogP) is 4.06. The number of carbonyl (C=O) groups excluding carboxylic acids is 1. The first-order valence-electron chi connectivity index (χ1n) is 9.54. The topological polar surface area (TPSA) is 78.4 Å². The average molecular weight is 420 g/mol. The van der Waals surface area contributed by atoms with E-state index in [-0.39, 0.29) is 5.91 Å². The van der Waals surface area contributed by atoms with E-state index in [0.29, 0.717) is 35.0 Å². The van der Waals surface area contributed by atoms with Crippen molar-refractivity contribution >= 4 is 12.1 Å². The molecule has 0 bridgehead atoms. The minimum Gasteiger partial charge on any atom is -0.493 e. The SMILES string of the molecule is COc1cc(/C=N\NC(=O)c2ccc(COc3ccccc3)cc2)cc(OC)c1OC. The maximum Gasteiger partial charge on any atom is 0.271 e. The molecule has 7 nitrogen and oxygen atoms in total. The summed E-state index contributed by atoms with van der Waals surface area (Å²) in [6, 6.07) is 20.2. The number of nitrogens with zero attached hydrogens (tertiary/aromatic N) is 1. The third kappa shape index (κ3) is 5.76. The lowest BCUT2D eigenvalue weighted by atomic mass is 10.1.